The van der Waals surface area contributed by atoms with E-state index in [1.54, 1.807) is 30.3 Å². The Morgan fingerprint density at radius 2 is 1.72 bits per heavy atom. The van der Waals surface area contributed by atoms with Gasteiger partial charge in [-0.25, -0.2) is 9.69 Å². The number of halogens is 2. The third-order valence-corrected chi connectivity index (χ3v) is 5.83. The maximum atomic E-state index is 13.2. The number of carbonyl (C=O) groups is 3. The zero-order valence-electron chi connectivity index (χ0n) is 19.5. The van der Waals surface area contributed by atoms with Gasteiger partial charge in [0.1, 0.15) is 12.2 Å². The molecule has 3 aromatic carbocycles. The van der Waals surface area contributed by atoms with E-state index in [1.165, 1.54) is 12.1 Å². The SMILES string of the molecule is CCOc1cc(/C=C2\C(=O)NC(=O)N(c3cccc(Cl)c3)C2=O)cc(Cl)c1OCc1ccc(C)cc1. The van der Waals surface area contributed by atoms with Crippen molar-refractivity contribution in [2.24, 2.45) is 0 Å². The molecule has 0 aromatic heterocycles. The number of barbiturate groups is 1. The molecule has 7 nitrogen and oxygen atoms in total. The van der Waals surface area contributed by atoms with Crippen molar-refractivity contribution in [1.29, 1.82) is 0 Å². The molecule has 3 aromatic rings. The molecule has 1 fully saturated rings. The van der Waals surface area contributed by atoms with Crippen molar-refractivity contribution in [2.75, 3.05) is 11.5 Å². The molecule has 0 saturated carbocycles. The number of nitrogens with one attached hydrogen (secondary N) is 1. The van der Waals surface area contributed by atoms with Crippen molar-refractivity contribution in [2.45, 2.75) is 20.5 Å². The molecular formula is C27H22Cl2N2O5. The van der Waals surface area contributed by atoms with Crippen LogP contribution in [0.5, 0.6) is 11.5 Å². The lowest BCUT2D eigenvalue weighted by Gasteiger charge is -2.26. The van der Waals surface area contributed by atoms with E-state index >= 15 is 0 Å². The summed E-state index contributed by atoms with van der Waals surface area (Å²) in [6.07, 6.45) is 1.35. The highest BCUT2D eigenvalue weighted by Crippen LogP contribution is 2.38. The van der Waals surface area contributed by atoms with E-state index in [0.717, 1.165) is 16.0 Å². The summed E-state index contributed by atoms with van der Waals surface area (Å²) in [4.78, 5) is 39.0. The molecule has 0 aliphatic carbocycles. The second-order valence-electron chi connectivity index (χ2n) is 7.97. The zero-order valence-corrected chi connectivity index (χ0v) is 21.0. The van der Waals surface area contributed by atoms with Gasteiger partial charge in [0, 0.05) is 5.02 Å². The highest BCUT2D eigenvalue weighted by Gasteiger charge is 2.37. The van der Waals surface area contributed by atoms with Gasteiger partial charge in [-0.2, -0.15) is 0 Å². The maximum absolute atomic E-state index is 13.2. The molecule has 0 unspecified atom stereocenters. The van der Waals surface area contributed by atoms with Crippen LogP contribution in [0.15, 0.2) is 66.2 Å². The number of anilines is 1. The molecule has 0 atom stereocenters. The molecule has 1 heterocycles. The fourth-order valence-corrected chi connectivity index (χ4v) is 4.05. The van der Waals surface area contributed by atoms with E-state index in [1.807, 2.05) is 38.1 Å². The lowest BCUT2D eigenvalue weighted by Crippen LogP contribution is -2.54. The Morgan fingerprint density at radius 1 is 0.972 bits per heavy atom. The molecule has 4 amide bonds. The Morgan fingerprint density at radius 3 is 2.42 bits per heavy atom. The number of amides is 4. The van der Waals surface area contributed by atoms with E-state index in [4.69, 9.17) is 32.7 Å². The normalized spacial score (nSPS) is 14.7. The second-order valence-corrected chi connectivity index (χ2v) is 8.82. The summed E-state index contributed by atoms with van der Waals surface area (Å²) < 4.78 is 11.7. The molecule has 184 valence electrons. The third kappa shape index (κ3) is 5.53. The number of aryl methyl sites for hydroxylation is 1. The van der Waals surface area contributed by atoms with Gasteiger partial charge in [-0.15, -0.1) is 0 Å². The number of hydrogen-bond acceptors (Lipinski definition) is 5. The summed E-state index contributed by atoms with van der Waals surface area (Å²) >= 11 is 12.5. The zero-order chi connectivity index (χ0) is 25.8. The van der Waals surface area contributed by atoms with Gasteiger partial charge in [0.15, 0.2) is 11.5 Å². The quantitative estimate of drug-likeness (QED) is 0.305. The number of hydrogen-bond donors (Lipinski definition) is 1. The molecule has 36 heavy (non-hydrogen) atoms. The van der Waals surface area contributed by atoms with Crippen LogP contribution >= 0.6 is 23.2 Å². The molecule has 4 rings (SSSR count). The van der Waals surface area contributed by atoms with E-state index in [9.17, 15) is 14.4 Å². The minimum atomic E-state index is -0.864. The maximum Gasteiger partial charge on any atom is 0.335 e. The van der Waals surface area contributed by atoms with E-state index in [2.05, 4.69) is 5.32 Å². The van der Waals surface area contributed by atoms with Crippen LogP contribution < -0.4 is 19.7 Å². The standard InChI is InChI=1S/C27H22Cl2N2O5/c1-3-35-23-13-18(12-22(29)24(23)36-15-17-9-7-16(2)8-10-17)11-21-25(32)30-27(34)31(26(21)33)20-6-4-5-19(28)14-20/h4-14H,3,15H2,1-2H3,(H,30,32,34)/b21-11+. The van der Waals surface area contributed by atoms with Gasteiger partial charge in [0.25, 0.3) is 11.8 Å². The minimum absolute atomic E-state index is 0.233. The average molecular weight is 525 g/mol. The predicted octanol–water partition coefficient (Wildman–Crippen LogP) is 5.95. The van der Waals surface area contributed by atoms with Gasteiger partial charge in [-0.3, -0.25) is 14.9 Å². The summed E-state index contributed by atoms with van der Waals surface area (Å²) in [7, 11) is 0. The Hall–Kier alpha value is -3.81. The smallest absolute Gasteiger partial charge is 0.335 e. The average Bonchev–Trinajstić information content (AvgIpc) is 2.82. The number of carbonyl (C=O) groups excluding carboxylic acids is 3. The first-order valence-electron chi connectivity index (χ1n) is 11.1. The number of ether oxygens (including phenoxy) is 2. The molecule has 0 bridgehead atoms. The molecule has 0 spiro atoms. The lowest BCUT2D eigenvalue weighted by molar-refractivity contribution is -0.122. The van der Waals surface area contributed by atoms with E-state index in [-0.39, 0.29) is 22.9 Å². The molecule has 9 heteroatoms. The highest BCUT2D eigenvalue weighted by atomic mass is 35.5. The van der Waals surface area contributed by atoms with Crippen molar-refractivity contribution in [3.63, 3.8) is 0 Å². The summed E-state index contributed by atoms with van der Waals surface area (Å²) in [6.45, 7) is 4.44. The van der Waals surface area contributed by atoms with Crippen LogP contribution in [0, 0.1) is 6.92 Å². The number of nitrogens with zero attached hydrogens (tertiary/aromatic N) is 1. The third-order valence-electron chi connectivity index (χ3n) is 5.31. The van der Waals surface area contributed by atoms with Crippen LogP contribution in [0.25, 0.3) is 6.08 Å². The lowest BCUT2D eigenvalue weighted by atomic mass is 10.1. The van der Waals surface area contributed by atoms with Gasteiger partial charge in [-0.1, -0.05) is 59.1 Å². The van der Waals surface area contributed by atoms with Gasteiger partial charge in [0.05, 0.1) is 17.3 Å². The first kappa shape index (κ1) is 25.3. The summed E-state index contributed by atoms with van der Waals surface area (Å²) in [5.74, 6) is -0.913. The second kappa shape index (κ2) is 10.8. The van der Waals surface area contributed by atoms with Gasteiger partial charge >= 0.3 is 6.03 Å². The van der Waals surface area contributed by atoms with Crippen LogP contribution in [-0.4, -0.2) is 24.5 Å². The molecule has 1 aliphatic rings. The first-order valence-corrected chi connectivity index (χ1v) is 11.8. The number of imide groups is 2. The summed E-state index contributed by atoms with van der Waals surface area (Å²) in [6, 6.07) is 16.4. The Balaban J connectivity index is 1.66. The monoisotopic (exact) mass is 524 g/mol. The Kier molecular flexibility index (Phi) is 7.62. The molecule has 1 saturated heterocycles. The van der Waals surface area contributed by atoms with Crippen molar-refractivity contribution < 1.29 is 23.9 Å². The first-order chi connectivity index (χ1) is 17.3. The number of rotatable bonds is 7. The summed E-state index contributed by atoms with van der Waals surface area (Å²) in [5.41, 5.74) is 2.50. The largest absolute Gasteiger partial charge is 0.490 e. The van der Waals surface area contributed by atoms with Gasteiger partial charge in [-0.05, 0) is 61.4 Å². The van der Waals surface area contributed by atoms with E-state index in [0.29, 0.717) is 28.7 Å². The van der Waals surface area contributed by atoms with Crippen LogP contribution in [0.2, 0.25) is 10.0 Å². The van der Waals surface area contributed by atoms with E-state index < -0.39 is 17.8 Å². The van der Waals surface area contributed by atoms with Crippen LogP contribution in [0.3, 0.4) is 0 Å². The highest BCUT2D eigenvalue weighted by molar-refractivity contribution is 6.39. The predicted molar refractivity (Wildman–Crippen MR) is 139 cm³/mol. The van der Waals surface area contributed by atoms with Crippen LogP contribution in [-0.2, 0) is 16.2 Å². The fraction of sp³-hybridized carbons (Fsp3) is 0.148. The molecule has 1 aliphatic heterocycles. The number of benzene rings is 3. The van der Waals surface area contributed by atoms with Crippen molar-refractivity contribution in [3.8, 4) is 11.5 Å². The van der Waals surface area contributed by atoms with Crippen molar-refractivity contribution in [3.05, 3.63) is 93.0 Å². The van der Waals surface area contributed by atoms with Crippen molar-refractivity contribution >= 4 is 52.8 Å². The molecule has 0 radical (unpaired) electrons. The van der Waals surface area contributed by atoms with Gasteiger partial charge < -0.3 is 9.47 Å². The van der Waals surface area contributed by atoms with Crippen LogP contribution in [0.4, 0.5) is 10.5 Å². The minimum Gasteiger partial charge on any atom is -0.490 e. The van der Waals surface area contributed by atoms with Gasteiger partial charge in [0.2, 0.25) is 0 Å². The van der Waals surface area contributed by atoms with Crippen LogP contribution in [0.1, 0.15) is 23.6 Å². The topological polar surface area (TPSA) is 84.9 Å². The van der Waals surface area contributed by atoms with Crippen molar-refractivity contribution in [1.82, 2.24) is 5.32 Å². The summed E-state index contributed by atoms with van der Waals surface area (Å²) in [5, 5.41) is 2.76. The Bertz CT molecular complexity index is 1370. The Labute approximate surface area is 218 Å². The fourth-order valence-electron chi connectivity index (χ4n) is 3.59. The number of urea groups is 1. The molecule has 1 N–H and O–H groups in total. The molecular weight excluding hydrogens is 503 g/mol.